The molecule has 0 amide bonds. The molecule has 0 aliphatic rings. The van der Waals surface area contributed by atoms with Crippen LogP contribution < -0.4 is 0 Å². The Morgan fingerprint density at radius 1 is 0.253 bits per heavy atom. The third-order valence-corrected chi connectivity index (χ3v) is 15.9. The van der Waals surface area contributed by atoms with Crippen molar-refractivity contribution in [2.75, 3.05) is 0 Å². The lowest BCUT2D eigenvalue weighted by atomic mass is 9.83. The fourth-order valence-electron chi connectivity index (χ4n) is 11.8. The van der Waals surface area contributed by atoms with Gasteiger partial charge in [-0.3, -0.25) is 0 Å². The van der Waals surface area contributed by atoms with Crippen molar-refractivity contribution in [1.82, 2.24) is 19.5 Å². The molecule has 83 heavy (non-hydrogen) atoms. The monoisotopic (exact) mass is 1060 g/mol. The van der Waals surface area contributed by atoms with Gasteiger partial charge in [-0.2, -0.15) is 0 Å². The number of rotatable bonds is 11. The summed E-state index contributed by atoms with van der Waals surface area (Å²) in [5, 5.41) is 2.38. The zero-order valence-electron chi connectivity index (χ0n) is 46.6. The molecule has 394 valence electrons. The van der Waals surface area contributed by atoms with Crippen LogP contribution in [0, 0.1) is 0 Å². The van der Waals surface area contributed by atoms with E-state index in [1.165, 1.54) is 44.1 Å². The molecule has 0 unspecified atom stereocenters. The molecule has 0 atom stereocenters. The van der Waals surface area contributed by atoms with Gasteiger partial charge in [-0.1, -0.05) is 263 Å². The molecule has 14 rings (SSSR count). The van der Waals surface area contributed by atoms with Crippen molar-refractivity contribution in [2.45, 2.75) is 26.2 Å². The summed E-state index contributed by atoms with van der Waals surface area (Å²) >= 11 is 0. The van der Waals surface area contributed by atoms with Crippen molar-refractivity contribution < 1.29 is 0 Å². The standard InChI is InChI=1S/C79H58N4/c1-79(2,3)72-52-65(57-33-19-8-20-34-57)49-71-70-48-62(54-27-13-5-14-28-54)43-44-73(70)83(75(71)72)74-68(59-35-21-9-22-36-59)50-67(51-69(74)60-37-23-10-24-38-60)78-81-76(61-41-39-58(40-42-61)53-25-11-4-12-26-53)80-77(82-78)66-46-63(55-29-15-6-16-30-55)45-64(47-66)56-31-17-7-18-32-56/h4-52H,1-3H3. The number of hydrogen-bond donors (Lipinski definition) is 0. The first-order chi connectivity index (χ1) is 40.8. The van der Waals surface area contributed by atoms with E-state index in [9.17, 15) is 0 Å². The molecule has 0 spiro atoms. The first-order valence-corrected chi connectivity index (χ1v) is 28.5. The van der Waals surface area contributed by atoms with Crippen molar-refractivity contribution in [1.29, 1.82) is 0 Å². The molecular weight excluding hydrogens is 1000 g/mol. The van der Waals surface area contributed by atoms with Crippen LogP contribution in [-0.2, 0) is 5.41 Å². The highest BCUT2D eigenvalue weighted by molar-refractivity contribution is 6.14. The maximum atomic E-state index is 5.59. The van der Waals surface area contributed by atoms with Crippen LogP contribution in [0.2, 0.25) is 0 Å². The smallest absolute Gasteiger partial charge is 0.164 e. The molecule has 0 radical (unpaired) electrons. The number of nitrogens with zero attached hydrogens (tertiary/aromatic N) is 4. The van der Waals surface area contributed by atoms with Crippen LogP contribution in [0.1, 0.15) is 26.3 Å². The molecule has 0 saturated heterocycles. The lowest BCUT2D eigenvalue weighted by molar-refractivity contribution is 0.594. The van der Waals surface area contributed by atoms with E-state index >= 15 is 0 Å². The van der Waals surface area contributed by atoms with E-state index in [0.29, 0.717) is 17.5 Å². The van der Waals surface area contributed by atoms with Gasteiger partial charge in [-0.05, 0) is 132 Å². The van der Waals surface area contributed by atoms with E-state index in [0.717, 1.165) is 83.5 Å². The highest BCUT2D eigenvalue weighted by Crippen LogP contribution is 2.48. The number of hydrogen-bond acceptors (Lipinski definition) is 3. The van der Waals surface area contributed by atoms with Gasteiger partial charge >= 0.3 is 0 Å². The molecule has 14 aromatic rings. The summed E-state index contributed by atoms with van der Waals surface area (Å²) in [4.78, 5) is 16.5. The molecule has 0 aliphatic heterocycles. The van der Waals surface area contributed by atoms with Gasteiger partial charge in [0.05, 0.1) is 16.7 Å². The number of fused-ring (bicyclic) bond motifs is 3. The average molecular weight is 1060 g/mol. The van der Waals surface area contributed by atoms with Crippen molar-refractivity contribution in [3.8, 4) is 118 Å². The lowest BCUT2D eigenvalue weighted by Crippen LogP contribution is -2.14. The molecule has 0 aliphatic carbocycles. The molecule has 0 saturated carbocycles. The largest absolute Gasteiger partial charge is 0.308 e. The molecule has 2 aromatic heterocycles. The second kappa shape index (κ2) is 21.5. The summed E-state index contributed by atoms with van der Waals surface area (Å²) in [6.45, 7) is 7.03. The van der Waals surface area contributed by atoms with E-state index in [1.54, 1.807) is 0 Å². The van der Waals surface area contributed by atoms with Crippen LogP contribution in [0.5, 0.6) is 0 Å². The predicted molar refractivity (Wildman–Crippen MR) is 347 cm³/mol. The summed E-state index contributed by atoms with van der Waals surface area (Å²) in [6, 6.07) is 107. The minimum absolute atomic E-state index is 0.258. The Bertz CT molecular complexity index is 4510. The zero-order chi connectivity index (χ0) is 55.9. The third kappa shape index (κ3) is 9.91. The second-order valence-electron chi connectivity index (χ2n) is 22.4. The third-order valence-electron chi connectivity index (χ3n) is 15.9. The average Bonchev–Trinajstić information content (AvgIpc) is 2.32. The Morgan fingerprint density at radius 2 is 0.566 bits per heavy atom. The van der Waals surface area contributed by atoms with Crippen LogP contribution in [-0.4, -0.2) is 19.5 Å². The Balaban J connectivity index is 1.07. The molecule has 0 bridgehead atoms. The van der Waals surface area contributed by atoms with Gasteiger partial charge in [0.2, 0.25) is 0 Å². The SMILES string of the molecule is CC(C)(C)c1cc(-c2ccccc2)cc2c3cc(-c4ccccc4)ccc3n(-c3c(-c4ccccc4)cc(-c4nc(-c5ccc(-c6ccccc6)cc5)nc(-c5cc(-c6ccccc6)cc(-c6ccccc6)c5)n4)cc3-c3ccccc3)c12. The van der Waals surface area contributed by atoms with Crippen LogP contribution in [0.3, 0.4) is 0 Å². The molecule has 12 aromatic carbocycles. The molecule has 4 nitrogen and oxygen atoms in total. The normalized spacial score (nSPS) is 11.6. The van der Waals surface area contributed by atoms with Crippen molar-refractivity contribution in [2.24, 2.45) is 0 Å². The first-order valence-electron chi connectivity index (χ1n) is 28.5. The lowest BCUT2D eigenvalue weighted by Gasteiger charge is -2.26. The van der Waals surface area contributed by atoms with Gasteiger partial charge in [0.1, 0.15) is 0 Å². The van der Waals surface area contributed by atoms with Crippen LogP contribution in [0.25, 0.3) is 140 Å². The van der Waals surface area contributed by atoms with Gasteiger partial charge in [0, 0.05) is 38.6 Å². The zero-order valence-corrected chi connectivity index (χ0v) is 46.6. The van der Waals surface area contributed by atoms with Crippen LogP contribution in [0.15, 0.2) is 297 Å². The maximum Gasteiger partial charge on any atom is 0.164 e. The Kier molecular flexibility index (Phi) is 13.1. The van der Waals surface area contributed by atoms with E-state index < -0.39 is 0 Å². The number of aromatic nitrogens is 4. The van der Waals surface area contributed by atoms with Crippen molar-refractivity contribution >= 4 is 21.8 Å². The van der Waals surface area contributed by atoms with Gasteiger partial charge in [0.15, 0.2) is 17.5 Å². The quantitative estimate of drug-likeness (QED) is 0.130. The fourth-order valence-corrected chi connectivity index (χ4v) is 11.8. The molecule has 4 heteroatoms. The van der Waals surface area contributed by atoms with E-state index in [1.807, 2.05) is 0 Å². The van der Waals surface area contributed by atoms with E-state index in [4.69, 9.17) is 15.0 Å². The van der Waals surface area contributed by atoms with Crippen molar-refractivity contribution in [3.05, 3.63) is 303 Å². The van der Waals surface area contributed by atoms with Gasteiger partial charge in [-0.25, -0.2) is 15.0 Å². The molecular formula is C79H58N4. The van der Waals surface area contributed by atoms with Gasteiger partial charge < -0.3 is 4.57 Å². The van der Waals surface area contributed by atoms with Crippen LogP contribution in [0.4, 0.5) is 0 Å². The summed E-state index contributed by atoms with van der Waals surface area (Å²) in [5.41, 5.74) is 22.6. The summed E-state index contributed by atoms with van der Waals surface area (Å²) in [7, 11) is 0. The topological polar surface area (TPSA) is 43.6 Å². The summed E-state index contributed by atoms with van der Waals surface area (Å²) < 4.78 is 2.57. The second-order valence-corrected chi connectivity index (χ2v) is 22.4. The van der Waals surface area contributed by atoms with Crippen LogP contribution >= 0.6 is 0 Å². The molecule has 2 heterocycles. The maximum absolute atomic E-state index is 5.59. The minimum atomic E-state index is -0.258. The van der Waals surface area contributed by atoms with Crippen molar-refractivity contribution in [3.63, 3.8) is 0 Å². The Hall–Kier alpha value is -10.6. The highest BCUT2D eigenvalue weighted by atomic mass is 15.0. The van der Waals surface area contributed by atoms with Gasteiger partial charge in [-0.15, -0.1) is 0 Å². The van der Waals surface area contributed by atoms with E-state index in [2.05, 4.69) is 323 Å². The fraction of sp³-hybridized carbons (Fsp3) is 0.0506. The predicted octanol–water partition coefficient (Wildman–Crippen LogP) is 20.9. The molecule has 0 N–H and O–H groups in total. The van der Waals surface area contributed by atoms with Gasteiger partial charge in [0.25, 0.3) is 0 Å². The summed E-state index contributed by atoms with van der Waals surface area (Å²) in [6.07, 6.45) is 0. The Morgan fingerprint density at radius 3 is 1.00 bits per heavy atom. The Labute approximate surface area is 485 Å². The summed E-state index contributed by atoms with van der Waals surface area (Å²) in [5.74, 6) is 1.74. The first kappa shape index (κ1) is 50.7. The number of benzene rings is 12. The molecule has 0 fully saturated rings. The minimum Gasteiger partial charge on any atom is -0.308 e. The highest BCUT2D eigenvalue weighted by Gasteiger charge is 2.29. The van der Waals surface area contributed by atoms with E-state index in [-0.39, 0.29) is 5.41 Å².